The van der Waals surface area contributed by atoms with E-state index in [2.05, 4.69) is 32.7 Å². The van der Waals surface area contributed by atoms with Crippen LogP contribution in [-0.4, -0.2) is 34.5 Å². The van der Waals surface area contributed by atoms with E-state index in [1.807, 2.05) is 31.2 Å². The summed E-state index contributed by atoms with van der Waals surface area (Å²) in [4.78, 5) is 17.3. The van der Waals surface area contributed by atoms with Crippen molar-refractivity contribution in [2.24, 2.45) is 5.92 Å². The Kier molecular flexibility index (Phi) is 7.25. The van der Waals surface area contributed by atoms with Crippen LogP contribution < -0.4 is 9.64 Å². The standard InChI is InChI=1S/C19H23BrN2O3/c1-3-22(18-9-6-16(11-21-18)19(23)24)12-15-4-7-17(8-5-15)25-13-14(2)10-20/h4-9,11,14H,3,10,12-13H2,1-2H3,(H,23,24). The van der Waals surface area contributed by atoms with Crippen molar-refractivity contribution >= 4 is 27.7 Å². The Labute approximate surface area is 156 Å². The van der Waals surface area contributed by atoms with E-state index in [-0.39, 0.29) is 5.56 Å². The zero-order valence-corrected chi connectivity index (χ0v) is 16.1. The van der Waals surface area contributed by atoms with Crippen LogP contribution in [0.2, 0.25) is 0 Å². The van der Waals surface area contributed by atoms with Gasteiger partial charge in [-0.2, -0.15) is 0 Å². The molecule has 5 nitrogen and oxygen atoms in total. The molecular weight excluding hydrogens is 384 g/mol. The van der Waals surface area contributed by atoms with Gasteiger partial charge in [0.05, 0.1) is 12.2 Å². The van der Waals surface area contributed by atoms with Gasteiger partial charge in [-0.15, -0.1) is 0 Å². The third-order valence-corrected chi connectivity index (χ3v) is 4.90. The predicted molar refractivity (Wildman–Crippen MR) is 103 cm³/mol. The van der Waals surface area contributed by atoms with E-state index in [4.69, 9.17) is 9.84 Å². The number of aromatic nitrogens is 1. The van der Waals surface area contributed by atoms with Crippen molar-refractivity contribution in [3.63, 3.8) is 0 Å². The predicted octanol–water partition coefficient (Wildman–Crippen LogP) is 4.22. The highest BCUT2D eigenvalue weighted by Crippen LogP contribution is 2.18. The zero-order chi connectivity index (χ0) is 18.2. The molecule has 6 heteroatoms. The van der Waals surface area contributed by atoms with Gasteiger partial charge in [0.15, 0.2) is 0 Å². The number of hydrogen-bond donors (Lipinski definition) is 1. The fourth-order valence-corrected chi connectivity index (χ4v) is 2.44. The maximum absolute atomic E-state index is 10.9. The second-order valence-corrected chi connectivity index (χ2v) is 6.59. The van der Waals surface area contributed by atoms with E-state index in [0.717, 1.165) is 29.0 Å². The first kappa shape index (κ1) is 19.2. The van der Waals surface area contributed by atoms with Crippen molar-refractivity contribution in [1.29, 1.82) is 0 Å². The minimum Gasteiger partial charge on any atom is -0.493 e. The van der Waals surface area contributed by atoms with Gasteiger partial charge in [-0.25, -0.2) is 9.78 Å². The summed E-state index contributed by atoms with van der Waals surface area (Å²) in [6, 6.07) is 11.4. The number of rotatable bonds is 9. The third-order valence-electron chi connectivity index (χ3n) is 3.80. The maximum atomic E-state index is 10.9. The number of ether oxygens (including phenoxy) is 1. The van der Waals surface area contributed by atoms with Crippen LogP contribution in [0.25, 0.3) is 0 Å². The number of carbonyl (C=O) groups is 1. The van der Waals surface area contributed by atoms with E-state index < -0.39 is 5.97 Å². The summed E-state index contributed by atoms with van der Waals surface area (Å²) < 4.78 is 5.75. The Morgan fingerprint density at radius 3 is 2.52 bits per heavy atom. The monoisotopic (exact) mass is 406 g/mol. The highest BCUT2D eigenvalue weighted by atomic mass is 79.9. The molecule has 0 radical (unpaired) electrons. The molecular formula is C19H23BrN2O3. The van der Waals surface area contributed by atoms with Gasteiger partial charge >= 0.3 is 5.97 Å². The maximum Gasteiger partial charge on any atom is 0.337 e. The van der Waals surface area contributed by atoms with Crippen molar-refractivity contribution in [2.45, 2.75) is 20.4 Å². The van der Waals surface area contributed by atoms with Crippen LogP contribution in [0.3, 0.4) is 0 Å². The van der Waals surface area contributed by atoms with Crippen LogP contribution in [0.5, 0.6) is 5.75 Å². The van der Waals surface area contributed by atoms with Gasteiger partial charge in [0.2, 0.25) is 0 Å². The van der Waals surface area contributed by atoms with Crippen LogP contribution in [0.4, 0.5) is 5.82 Å². The second kappa shape index (κ2) is 9.42. The quantitative estimate of drug-likeness (QED) is 0.631. The molecule has 134 valence electrons. The molecule has 1 atom stereocenters. The van der Waals surface area contributed by atoms with Gasteiger partial charge in [0, 0.05) is 24.6 Å². The molecule has 0 saturated heterocycles. The molecule has 2 aromatic rings. The summed E-state index contributed by atoms with van der Waals surface area (Å²) in [6.45, 7) is 6.34. The van der Waals surface area contributed by atoms with Crippen molar-refractivity contribution < 1.29 is 14.6 Å². The van der Waals surface area contributed by atoms with Gasteiger partial charge < -0.3 is 14.7 Å². The molecule has 0 amide bonds. The summed E-state index contributed by atoms with van der Waals surface area (Å²) in [7, 11) is 0. The van der Waals surface area contributed by atoms with Crippen molar-refractivity contribution in [3.8, 4) is 5.75 Å². The van der Waals surface area contributed by atoms with E-state index in [1.54, 1.807) is 12.1 Å². The molecule has 1 unspecified atom stereocenters. The number of alkyl halides is 1. The number of carboxylic acid groups (broad SMARTS) is 1. The number of nitrogens with zero attached hydrogens (tertiary/aromatic N) is 2. The molecule has 1 aromatic carbocycles. The number of halogens is 1. The highest BCUT2D eigenvalue weighted by Gasteiger charge is 2.09. The lowest BCUT2D eigenvalue weighted by Crippen LogP contribution is -2.23. The normalized spacial score (nSPS) is 11.8. The van der Waals surface area contributed by atoms with Crippen molar-refractivity contribution in [2.75, 3.05) is 23.4 Å². The first-order valence-corrected chi connectivity index (χ1v) is 9.37. The lowest BCUT2D eigenvalue weighted by molar-refractivity contribution is 0.0696. The number of anilines is 1. The smallest absolute Gasteiger partial charge is 0.337 e. The summed E-state index contributed by atoms with van der Waals surface area (Å²) in [5.74, 6) is 1.13. The van der Waals surface area contributed by atoms with Crippen LogP contribution in [-0.2, 0) is 6.54 Å². The Balaban J connectivity index is 1.99. The molecule has 0 bridgehead atoms. The number of benzene rings is 1. The number of aromatic carboxylic acids is 1. The molecule has 0 spiro atoms. The molecule has 25 heavy (non-hydrogen) atoms. The number of carboxylic acids is 1. The number of pyridine rings is 1. The highest BCUT2D eigenvalue weighted by molar-refractivity contribution is 9.09. The molecule has 0 fully saturated rings. The molecule has 0 aliphatic rings. The molecule has 1 heterocycles. The van der Waals surface area contributed by atoms with Crippen molar-refractivity contribution in [3.05, 3.63) is 53.7 Å². The molecule has 1 aromatic heterocycles. The second-order valence-electron chi connectivity index (χ2n) is 5.94. The van der Waals surface area contributed by atoms with Gasteiger partial charge in [0.1, 0.15) is 11.6 Å². The molecule has 1 N–H and O–H groups in total. The summed E-state index contributed by atoms with van der Waals surface area (Å²) in [5.41, 5.74) is 1.34. The average molecular weight is 407 g/mol. The Morgan fingerprint density at radius 2 is 2.00 bits per heavy atom. The molecule has 2 rings (SSSR count). The summed E-state index contributed by atoms with van der Waals surface area (Å²) in [6.07, 6.45) is 1.39. The largest absolute Gasteiger partial charge is 0.493 e. The van der Waals surface area contributed by atoms with E-state index >= 15 is 0 Å². The van der Waals surface area contributed by atoms with Gasteiger partial charge in [0.25, 0.3) is 0 Å². The fourth-order valence-electron chi connectivity index (χ4n) is 2.25. The fraction of sp³-hybridized carbons (Fsp3) is 0.368. The Bertz CT molecular complexity index is 674. The Morgan fingerprint density at radius 1 is 1.28 bits per heavy atom. The summed E-state index contributed by atoms with van der Waals surface area (Å²) >= 11 is 3.45. The Hall–Kier alpha value is -2.08. The van der Waals surface area contributed by atoms with E-state index in [1.165, 1.54) is 6.20 Å². The summed E-state index contributed by atoms with van der Waals surface area (Å²) in [5, 5.41) is 9.88. The molecule has 0 aliphatic heterocycles. The van der Waals surface area contributed by atoms with Gasteiger partial charge in [-0.1, -0.05) is 35.0 Å². The average Bonchev–Trinajstić information content (AvgIpc) is 2.65. The number of hydrogen-bond acceptors (Lipinski definition) is 4. The minimum absolute atomic E-state index is 0.194. The lowest BCUT2D eigenvalue weighted by Gasteiger charge is -2.22. The van der Waals surface area contributed by atoms with Gasteiger partial charge in [-0.3, -0.25) is 0 Å². The minimum atomic E-state index is -0.966. The first-order chi connectivity index (χ1) is 12.0. The lowest BCUT2D eigenvalue weighted by atomic mass is 10.2. The van der Waals surface area contributed by atoms with Crippen molar-refractivity contribution in [1.82, 2.24) is 4.98 Å². The molecule has 0 aliphatic carbocycles. The van der Waals surface area contributed by atoms with Crippen LogP contribution in [0.15, 0.2) is 42.6 Å². The zero-order valence-electron chi connectivity index (χ0n) is 14.5. The first-order valence-electron chi connectivity index (χ1n) is 8.25. The van der Waals surface area contributed by atoms with Crippen LogP contribution in [0, 0.1) is 5.92 Å². The van der Waals surface area contributed by atoms with Crippen LogP contribution >= 0.6 is 15.9 Å². The van der Waals surface area contributed by atoms with Crippen LogP contribution in [0.1, 0.15) is 29.8 Å². The van der Waals surface area contributed by atoms with Gasteiger partial charge in [-0.05, 0) is 42.7 Å². The van der Waals surface area contributed by atoms with E-state index in [9.17, 15) is 4.79 Å². The SMILES string of the molecule is CCN(Cc1ccc(OCC(C)CBr)cc1)c1ccc(C(=O)O)cn1. The molecule has 0 saturated carbocycles. The van der Waals surface area contributed by atoms with E-state index in [0.29, 0.717) is 19.1 Å². The third kappa shape index (κ3) is 5.74. The topological polar surface area (TPSA) is 62.7 Å².